The molecule has 32 heavy (non-hydrogen) atoms. The number of carboxylic acid groups (broad SMARTS) is 3. The van der Waals surface area contributed by atoms with Crippen LogP contribution in [0.1, 0.15) is 39.5 Å². The first-order valence-electron chi connectivity index (χ1n) is 9.72. The summed E-state index contributed by atoms with van der Waals surface area (Å²) < 4.78 is 0. The first-order valence-corrected chi connectivity index (χ1v) is 9.72. The van der Waals surface area contributed by atoms with Crippen molar-refractivity contribution in [2.24, 2.45) is 11.7 Å². The average Bonchev–Trinajstić information content (AvgIpc) is 2.67. The van der Waals surface area contributed by atoms with Crippen LogP contribution in [-0.2, 0) is 28.8 Å². The van der Waals surface area contributed by atoms with Crippen molar-refractivity contribution in [1.29, 1.82) is 0 Å². The highest BCUT2D eigenvalue weighted by Gasteiger charge is 2.31. The molecule has 14 nitrogen and oxygen atoms in total. The van der Waals surface area contributed by atoms with Crippen LogP contribution in [0, 0.1) is 5.92 Å². The second-order valence-corrected chi connectivity index (χ2v) is 7.47. The molecule has 182 valence electrons. The molecule has 0 spiro atoms. The zero-order valence-corrected chi connectivity index (χ0v) is 17.7. The Morgan fingerprint density at radius 2 is 1.28 bits per heavy atom. The maximum absolute atomic E-state index is 12.6. The molecular formula is C18H30N4O10. The number of nitrogens with one attached hydrogen (secondary N) is 3. The minimum Gasteiger partial charge on any atom is -0.481 e. The van der Waals surface area contributed by atoms with Crippen molar-refractivity contribution in [2.75, 3.05) is 6.61 Å². The molecule has 0 rings (SSSR count). The molecule has 0 bridgehead atoms. The van der Waals surface area contributed by atoms with Crippen molar-refractivity contribution in [3.8, 4) is 0 Å². The van der Waals surface area contributed by atoms with Gasteiger partial charge < -0.3 is 42.1 Å². The number of amides is 3. The number of carbonyl (C=O) groups is 6. The molecule has 0 aliphatic heterocycles. The van der Waals surface area contributed by atoms with E-state index in [9.17, 15) is 28.8 Å². The standard InChI is InChI=1S/C18H30N4O10/c1-8(2)5-10(16(29)22-12(7-23)18(31)32)21-17(30)11(6-14(26)27)20-15(28)9(19)3-4-13(24)25/h8-12,23H,3-7,19H2,1-2H3,(H,20,28)(H,21,30)(H,22,29)(H,24,25)(H,26,27)(H,31,32). The molecule has 3 amide bonds. The molecule has 4 unspecified atom stereocenters. The molecule has 0 radical (unpaired) electrons. The van der Waals surface area contributed by atoms with Gasteiger partial charge in [0.2, 0.25) is 17.7 Å². The topological polar surface area (TPSA) is 245 Å². The van der Waals surface area contributed by atoms with Crippen LogP contribution in [0.5, 0.6) is 0 Å². The highest BCUT2D eigenvalue weighted by molar-refractivity contribution is 5.95. The van der Waals surface area contributed by atoms with Gasteiger partial charge in [0.25, 0.3) is 0 Å². The van der Waals surface area contributed by atoms with E-state index in [1.165, 1.54) is 0 Å². The van der Waals surface area contributed by atoms with Crippen molar-refractivity contribution in [3.05, 3.63) is 0 Å². The SMILES string of the molecule is CC(C)CC(NC(=O)C(CC(=O)O)NC(=O)C(N)CCC(=O)O)C(=O)NC(CO)C(=O)O. The molecule has 0 fully saturated rings. The first kappa shape index (κ1) is 28.7. The lowest BCUT2D eigenvalue weighted by molar-refractivity contribution is -0.144. The normalized spacial score (nSPS) is 14.5. The lowest BCUT2D eigenvalue weighted by atomic mass is 10.0. The van der Waals surface area contributed by atoms with Crippen LogP contribution >= 0.6 is 0 Å². The van der Waals surface area contributed by atoms with E-state index in [2.05, 4.69) is 16.0 Å². The van der Waals surface area contributed by atoms with Gasteiger partial charge in [-0.2, -0.15) is 0 Å². The van der Waals surface area contributed by atoms with Gasteiger partial charge in [-0.25, -0.2) is 4.79 Å². The summed E-state index contributed by atoms with van der Waals surface area (Å²) in [5.41, 5.74) is 5.56. The molecule has 9 N–H and O–H groups in total. The van der Waals surface area contributed by atoms with Crippen LogP contribution < -0.4 is 21.7 Å². The van der Waals surface area contributed by atoms with Gasteiger partial charge in [-0.05, 0) is 18.8 Å². The van der Waals surface area contributed by atoms with Crippen molar-refractivity contribution in [3.63, 3.8) is 0 Å². The zero-order chi connectivity index (χ0) is 25.0. The summed E-state index contributed by atoms with van der Waals surface area (Å²) in [6.45, 7) is 2.53. The molecular weight excluding hydrogens is 432 g/mol. The number of aliphatic carboxylic acids is 3. The van der Waals surface area contributed by atoms with E-state index >= 15 is 0 Å². The van der Waals surface area contributed by atoms with E-state index in [-0.39, 0.29) is 18.8 Å². The molecule has 0 saturated heterocycles. The summed E-state index contributed by atoms with van der Waals surface area (Å²) in [7, 11) is 0. The van der Waals surface area contributed by atoms with Gasteiger partial charge in [0, 0.05) is 6.42 Å². The van der Waals surface area contributed by atoms with Gasteiger partial charge in [0.15, 0.2) is 0 Å². The summed E-state index contributed by atoms with van der Waals surface area (Å²) in [4.78, 5) is 69.9. The Kier molecular flexibility index (Phi) is 12.5. The molecule has 0 aromatic rings. The number of aliphatic hydroxyl groups is 1. The van der Waals surface area contributed by atoms with E-state index < -0.39 is 79.2 Å². The molecule has 0 aromatic heterocycles. The van der Waals surface area contributed by atoms with Crippen molar-refractivity contribution in [1.82, 2.24) is 16.0 Å². The third-order valence-electron chi connectivity index (χ3n) is 4.15. The Morgan fingerprint density at radius 3 is 1.72 bits per heavy atom. The minimum absolute atomic E-state index is 0.0429. The van der Waals surface area contributed by atoms with Crippen LogP contribution in [-0.4, -0.2) is 86.8 Å². The number of carbonyl (C=O) groups excluding carboxylic acids is 3. The van der Waals surface area contributed by atoms with Crippen molar-refractivity contribution >= 4 is 35.6 Å². The lowest BCUT2D eigenvalue weighted by Gasteiger charge is -2.25. The fraction of sp³-hybridized carbons (Fsp3) is 0.667. The second-order valence-electron chi connectivity index (χ2n) is 7.47. The van der Waals surface area contributed by atoms with E-state index in [4.69, 9.17) is 26.2 Å². The minimum atomic E-state index is -1.63. The smallest absolute Gasteiger partial charge is 0.328 e. The molecule has 0 aliphatic carbocycles. The van der Waals surface area contributed by atoms with Gasteiger partial charge in [-0.3, -0.25) is 24.0 Å². The third-order valence-corrected chi connectivity index (χ3v) is 4.15. The summed E-state index contributed by atoms with van der Waals surface area (Å²) >= 11 is 0. The fourth-order valence-corrected chi connectivity index (χ4v) is 2.51. The van der Waals surface area contributed by atoms with E-state index in [0.717, 1.165) is 0 Å². The Morgan fingerprint density at radius 1 is 0.781 bits per heavy atom. The van der Waals surface area contributed by atoms with Crippen LogP contribution in [0.15, 0.2) is 0 Å². The van der Waals surface area contributed by atoms with Crippen LogP contribution in [0.25, 0.3) is 0 Å². The fourth-order valence-electron chi connectivity index (χ4n) is 2.51. The Bertz CT molecular complexity index is 712. The number of nitrogens with two attached hydrogens (primary N) is 1. The Hall–Kier alpha value is -3.26. The van der Waals surface area contributed by atoms with E-state index in [1.807, 2.05) is 0 Å². The molecule has 14 heteroatoms. The van der Waals surface area contributed by atoms with Gasteiger partial charge in [-0.1, -0.05) is 13.8 Å². The van der Waals surface area contributed by atoms with Gasteiger partial charge in [-0.15, -0.1) is 0 Å². The van der Waals surface area contributed by atoms with Crippen LogP contribution in [0.2, 0.25) is 0 Å². The summed E-state index contributed by atoms with van der Waals surface area (Å²) in [6.07, 6.45) is -1.48. The van der Waals surface area contributed by atoms with Gasteiger partial charge in [0.05, 0.1) is 19.1 Å². The zero-order valence-electron chi connectivity index (χ0n) is 17.7. The molecule has 0 saturated carbocycles. The maximum atomic E-state index is 12.6. The summed E-state index contributed by atoms with van der Waals surface area (Å²) in [5.74, 6) is -7.21. The highest BCUT2D eigenvalue weighted by atomic mass is 16.4. The number of hydrogen-bond acceptors (Lipinski definition) is 8. The average molecular weight is 462 g/mol. The predicted molar refractivity (Wildman–Crippen MR) is 107 cm³/mol. The van der Waals surface area contributed by atoms with Crippen LogP contribution in [0.4, 0.5) is 0 Å². The van der Waals surface area contributed by atoms with Gasteiger partial charge >= 0.3 is 17.9 Å². The van der Waals surface area contributed by atoms with Gasteiger partial charge in [0.1, 0.15) is 18.1 Å². The number of aliphatic hydroxyl groups excluding tert-OH is 1. The first-order chi connectivity index (χ1) is 14.8. The number of rotatable bonds is 15. The quantitative estimate of drug-likeness (QED) is 0.124. The molecule has 0 heterocycles. The Balaban J connectivity index is 5.41. The molecule has 4 atom stereocenters. The Labute approximate surface area is 183 Å². The van der Waals surface area contributed by atoms with Crippen molar-refractivity contribution in [2.45, 2.75) is 63.7 Å². The maximum Gasteiger partial charge on any atom is 0.328 e. The number of carboxylic acids is 3. The molecule has 0 aromatic carbocycles. The second kappa shape index (κ2) is 13.9. The molecule has 0 aliphatic rings. The monoisotopic (exact) mass is 462 g/mol. The predicted octanol–water partition coefficient (Wildman–Crippen LogP) is -2.77. The highest BCUT2D eigenvalue weighted by Crippen LogP contribution is 2.07. The van der Waals surface area contributed by atoms with E-state index in [1.54, 1.807) is 13.8 Å². The van der Waals surface area contributed by atoms with E-state index in [0.29, 0.717) is 0 Å². The summed E-state index contributed by atoms with van der Waals surface area (Å²) in [6, 6.07) is -5.85. The van der Waals surface area contributed by atoms with Crippen molar-refractivity contribution < 1.29 is 49.2 Å². The third kappa shape index (κ3) is 11.2. The largest absolute Gasteiger partial charge is 0.481 e. The lowest BCUT2D eigenvalue weighted by Crippen LogP contribution is -2.58. The van der Waals surface area contributed by atoms with Crippen LogP contribution in [0.3, 0.4) is 0 Å². The summed E-state index contributed by atoms with van der Waals surface area (Å²) in [5, 5.41) is 42.2. The number of hydrogen-bond donors (Lipinski definition) is 8.